The average Bonchev–Trinajstić information content (AvgIpc) is 3.38. The van der Waals surface area contributed by atoms with Gasteiger partial charge in [0.05, 0.1) is 5.56 Å². The fourth-order valence-electron chi connectivity index (χ4n) is 2.45. The minimum absolute atomic E-state index is 0.00862. The molecule has 5 nitrogen and oxygen atoms in total. The van der Waals surface area contributed by atoms with Gasteiger partial charge in [0.1, 0.15) is 5.75 Å². The van der Waals surface area contributed by atoms with E-state index in [-0.39, 0.29) is 29.0 Å². The third kappa shape index (κ3) is 3.40. The number of anilines is 2. The van der Waals surface area contributed by atoms with E-state index in [9.17, 15) is 14.7 Å². The Morgan fingerprint density at radius 3 is 2.38 bits per heavy atom. The molecule has 2 aromatic rings. The van der Waals surface area contributed by atoms with Gasteiger partial charge in [-0.25, -0.2) is 0 Å². The minimum Gasteiger partial charge on any atom is -0.507 e. The van der Waals surface area contributed by atoms with Gasteiger partial charge in [-0.1, -0.05) is 12.1 Å². The molecule has 0 aromatic heterocycles. The van der Waals surface area contributed by atoms with Gasteiger partial charge in [0, 0.05) is 17.3 Å². The van der Waals surface area contributed by atoms with Crippen LogP contribution >= 0.6 is 0 Å². The van der Waals surface area contributed by atoms with Crippen LogP contribution in [0.5, 0.6) is 5.75 Å². The number of carbonyl (C=O) groups is 2. The first-order chi connectivity index (χ1) is 11.5. The molecule has 0 aliphatic heterocycles. The zero-order valence-electron chi connectivity index (χ0n) is 13.7. The molecule has 124 valence electrons. The van der Waals surface area contributed by atoms with Crippen molar-refractivity contribution in [3.05, 3.63) is 53.1 Å². The van der Waals surface area contributed by atoms with E-state index < -0.39 is 0 Å². The van der Waals surface area contributed by atoms with Gasteiger partial charge in [-0.15, -0.1) is 0 Å². The predicted octanol–water partition coefficient (Wildman–Crippen LogP) is 3.61. The van der Waals surface area contributed by atoms with E-state index in [1.807, 2.05) is 6.92 Å². The highest BCUT2D eigenvalue weighted by Crippen LogP contribution is 2.30. The molecule has 0 bridgehead atoms. The molecule has 1 saturated carbocycles. The molecule has 0 spiro atoms. The first-order valence-electron chi connectivity index (χ1n) is 7.97. The normalized spacial score (nSPS) is 13.4. The lowest BCUT2D eigenvalue weighted by atomic mass is 10.0. The first kappa shape index (κ1) is 16.1. The Morgan fingerprint density at radius 2 is 1.71 bits per heavy atom. The summed E-state index contributed by atoms with van der Waals surface area (Å²) >= 11 is 0. The number of hydrogen-bond donors (Lipinski definition) is 3. The smallest absolute Gasteiger partial charge is 0.259 e. The number of carbonyl (C=O) groups excluding carboxylic acids is 2. The molecule has 2 amide bonds. The van der Waals surface area contributed by atoms with E-state index in [4.69, 9.17) is 0 Å². The summed E-state index contributed by atoms with van der Waals surface area (Å²) in [5, 5.41) is 15.8. The van der Waals surface area contributed by atoms with Crippen molar-refractivity contribution in [2.75, 3.05) is 10.6 Å². The number of amides is 2. The molecule has 0 atom stereocenters. The molecular weight excluding hydrogens is 304 g/mol. The standard InChI is InChI=1S/C19H20N2O3/c1-11-6-9-16(17(22)12(11)2)19(24)21-15-5-3-4-14(10-15)20-18(23)13-7-8-13/h3-6,9-10,13,22H,7-8H2,1-2H3,(H,20,23)(H,21,24). The number of nitrogens with one attached hydrogen (secondary N) is 2. The van der Waals surface area contributed by atoms with Gasteiger partial charge in [0.25, 0.3) is 5.91 Å². The largest absolute Gasteiger partial charge is 0.507 e. The van der Waals surface area contributed by atoms with Crippen LogP contribution < -0.4 is 10.6 Å². The van der Waals surface area contributed by atoms with Crippen LogP contribution in [0.3, 0.4) is 0 Å². The molecule has 1 fully saturated rings. The molecule has 5 heteroatoms. The number of phenolic OH excluding ortho intramolecular Hbond substituents is 1. The van der Waals surface area contributed by atoms with Gasteiger partial charge in [0.2, 0.25) is 5.91 Å². The van der Waals surface area contributed by atoms with E-state index in [2.05, 4.69) is 10.6 Å². The van der Waals surface area contributed by atoms with E-state index in [1.54, 1.807) is 43.3 Å². The molecule has 0 heterocycles. The molecule has 1 aliphatic rings. The maximum Gasteiger partial charge on any atom is 0.259 e. The van der Waals surface area contributed by atoms with Crippen molar-refractivity contribution in [2.24, 2.45) is 5.92 Å². The van der Waals surface area contributed by atoms with Crippen LogP contribution in [0.25, 0.3) is 0 Å². The quantitative estimate of drug-likeness (QED) is 0.804. The minimum atomic E-state index is -0.388. The number of hydrogen-bond acceptors (Lipinski definition) is 3. The molecule has 24 heavy (non-hydrogen) atoms. The Hall–Kier alpha value is -2.82. The summed E-state index contributed by atoms with van der Waals surface area (Å²) in [7, 11) is 0. The Kier molecular flexibility index (Phi) is 4.25. The van der Waals surface area contributed by atoms with Crippen LogP contribution in [-0.4, -0.2) is 16.9 Å². The van der Waals surface area contributed by atoms with Crippen LogP contribution in [0, 0.1) is 19.8 Å². The number of aromatic hydroxyl groups is 1. The summed E-state index contributed by atoms with van der Waals surface area (Å²) in [5.41, 5.74) is 3.05. The third-order valence-corrected chi connectivity index (χ3v) is 4.28. The van der Waals surface area contributed by atoms with Crippen LogP contribution in [-0.2, 0) is 4.79 Å². The third-order valence-electron chi connectivity index (χ3n) is 4.28. The predicted molar refractivity (Wildman–Crippen MR) is 93.3 cm³/mol. The Labute approximate surface area is 140 Å². The average molecular weight is 324 g/mol. The summed E-state index contributed by atoms with van der Waals surface area (Å²) in [4.78, 5) is 24.2. The SMILES string of the molecule is Cc1ccc(C(=O)Nc2cccc(NC(=O)C3CC3)c2)c(O)c1C. The topological polar surface area (TPSA) is 78.4 Å². The van der Waals surface area contributed by atoms with Crippen molar-refractivity contribution in [1.82, 2.24) is 0 Å². The molecule has 0 saturated heterocycles. The lowest BCUT2D eigenvalue weighted by molar-refractivity contribution is -0.117. The fraction of sp³-hybridized carbons (Fsp3) is 0.263. The van der Waals surface area contributed by atoms with Crippen molar-refractivity contribution in [3.63, 3.8) is 0 Å². The van der Waals surface area contributed by atoms with Crippen molar-refractivity contribution in [1.29, 1.82) is 0 Å². The zero-order valence-corrected chi connectivity index (χ0v) is 13.7. The fourth-order valence-corrected chi connectivity index (χ4v) is 2.45. The Bertz CT molecular complexity index is 810. The second-order valence-electron chi connectivity index (χ2n) is 6.20. The maximum atomic E-state index is 12.4. The van der Waals surface area contributed by atoms with Gasteiger partial charge in [0.15, 0.2) is 0 Å². The van der Waals surface area contributed by atoms with Gasteiger partial charge in [-0.05, 0) is 62.1 Å². The van der Waals surface area contributed by atoms with Crippen molar-refractivity contribution >= 4 is 23.2 Å². The highest BCUT2D eigenvalue weighted by molar-refractivity contribution is 6.06. The zero-order chi connectivity index (χ0) is 17.3. The number of benzene rings is 2. The lowest BCUT2D eigenvalue weighted by Crippen LogP contribution is -2.15. The summed E-state index contributed by atoms with van der Waals surface area (Å²) in [6, 6.07) is 10.4. The molecule has 0 radical (unpaired) electrons. The first-order valence-corrected chi connectivity index (χ1v) is 7.97. The van der Waals surface area contributed by atoms with E-state index in [0.29, 0.717) is 16.9 Å². The lowest BCUT2D eigenvalue weighted by Gasteiger charge is -2.11. The van der Waals surface area contributed by atoms with Crippen molar-refractivity contribution in [3.8, 4) is 5.75 Å². The van der Waals surface area contributed by atoms with Crippen LogP contribution in [0.1, 0.15) is 34.3 Å². The summed E-state index contributed by atoms with van der Waals surface area (Å²) in [6.45, 7) is 3.65. The van der Waals surface area contributed by atoms with E-state index >= 15 is 0 Å². The second kappa shape index (κ2) is 6.35. The Morgan fingerprint density at radius 1 is 1.04 bits per heavy atom. The van der Waals surface area contributed by atoms with Crippen molar-refractivity contribution < 1.29 is 14.7 Å². The summed E-state index contributed by atoms with van der Waals surface area (Å²) in [6.07, 6.45) is 1.88. The highest BCUT2D eigenvalue weighted by atomic mass is 16.3. The van der Waals surface area contributed by atoms with Crippen LogP contribution in [0.2, 0.25) is 0 Å². The monoisotopic (exact) mass is 324 g/mol. The van der Waals surface area contributed by atoms with Crippen LogP contribution in [0.15, 0.2) is 36.4 Å². The summed E-state index contributed by atoms with van der Waals surface area (Å²) < 4.78 is 0. The van der Waals surface area contributed by atoms with Crippen LogP contribution in [0.4, 0.5) is 11.4 Å². The van der Waals surface area contributed by atoms with Gasteiger partial charge >= 0.3 is 0 Å². The molecule has 0 unspecified atom stereocenters. The molecule has 1 aliphatic carbocycles. The van der Waals surface area contributed by atoms with Gasteiger partial charge < -0.3 is 15.7 Å². The number of aryl methyl sites for hydroxylation is 1. The molecular formula is C19H20N2O3. The van der Waals surface area contributed by atoms with Gasteiger partial charge in [-0.3, -0.25) is 9.59 Å². The number of rotatable bonds is 4. The highest BCUT2D eigenvalue weighted by Gasteiger charge is 2.29. The summed E-state index contributed by atoms with van der Waals surface area (Å²) in [5.74, 6) is -0.257. The van der Waals surface area contributed by atoms with E-state index in [0.717, 1.165) is 18.4 Å². The Balaban J connectivity index is 1.74. The number of phenols is 1. The van der Waals surface area contributed by atoms with E-state index in [1.165, 1.54) is 0 Å². The van der Waals surface area contributed by atoms with Crippen molar-refractivity contribution in [2.45, 2.75) is 26.7 Å². The molecule has 2 aromatic carbocycles. The second-order valence-corrected chi connectivity index (χ2v) is 6.20. The maximum absolute atomic E-state index is 12.4. The molecule has 3 N–H and O–H groups in total. The molecule has 3 rings (SSSR count). The van der Waals surface area contributed by atoms with Gasteiger partial charge in [-0.2, -0.15) is 0 Å².